The van der Waals surface area contributed by atoms with E-state index in [0.29, 0.717) is 12.0 Å². The smallest absolute Gasteiger partial charge is 0.0499 e. The number of benzene rings is 1. The molecule has 0 fully saturated rings. The van der Waals surface area contributed by atoms with Crippen molar-refractivity contribution in [1.82, 2.24) is 5.32 Å². The Kier molecular flexibility index (Phi) is 4.54. The molecule has 0 spiro atoms. The number of halogens is 1. The van der Waals surface area contributed by atoms with E-state index in [1.165, 1.54) is 11.1 Å². The Morgan fingerprint density at radius 2 is 2.21 bits per heavy atom. The van der Waals surface area contributed by atoms with E-state index >= 15 is 0 Å². The third kappa shape index (κ3) is 3.31. The molecule has 1 aromatic rings. The number of nitrogens with one attached hydrogen (secondary N) is 1. The van der Waals surface area contributed by atoms with Gasteiger partial charge in [0.25, 0.3) is 0 Å². The maximum atomic E-state index is 6.15. The van der Waals surface area contributed by atoms with E-state index < -0.39 is 0 Å². The molecule has 0 radical (unpaired) electrons. The maximum Gasteiger partial charge on any atom is 0.0499 e. The summed E-state index contributed by atoms with van der Waals surface area (Å²) < 4.78 is 5.20. The van der Waals surface area contributed by atoms with E-state index in [-0.39, 0.29) is 5.41 Å². The normalized spacial score (nSPS) is 22.3. The minimum atomic E-state index is 0.236. The first-order valence-corrected chi connectivity index (χ1v) is 7.32. The van der Waals surface area contributed by atoms with Gasteiger partial charge >= 0.3 is 0 Å². The molecule has 1 N–H and O–H groups in total. The second-order valence-corrected chi connectivity index (χ2v) is 6.85. The van der Waals surface area contributed by atoms with Gasteiger partial charge in [0.05, 0.1) is 0 Å². The van der Waals surface area contributed by atoms with Gasteiger partial charge in [0.1, 0.15) is 0 Å². The first-order chi connectivity index (χ1) is 8.94. The van der Waals surface area contributed by atoms with Gasteiger partial charge in [-0.1, -0.05) is 38.4 Å². The predicted octanol–water partition coefficient (Wildman–Crippen LogP) is 3.84. The number of rotatable bonds is 5. The van der Waals surface area contributed by atoms with Crippen molar-refractivity contribution in [1.29, 1.82) is 0 Å². The van der Waals surface area contributed by atoms with Gasteiger partial charge in [0, 0.05) is 31.3 Å². The highest BCUT2D eigenvalue weighted by molar-refractivity contribution is 6.30. The third-order valence-electron chi connectivity index (χ3n) is 3.97. The Morgan fingerprint density at radius 3 is 2.89 bits per heavy atom. The summed E-state index contributed by atoms with van der Waals surface area (Å²) in [6.45, 7) is 8.60. The molecule has 3 heteroatoms. The van der Waals surface area contributed by atoms with Crippen molar-refractivity contribution >= 4 is 11.6 Å². The van der Waals surface area contributed by atoms with Crippen LogP contribution in [0, 0.1) is 11.3 Å². The van der Waals surface area contributed by atoms with Crippen molar-refractivity contribution in [2.75, 3.05) is 20.3 Å². The van der Waals surface area contributed by atoms with Gasteiger partial charge in [-0.25, -0.2) is 0 Å². The van der Waals surface area contributed by atoms with Crippen LogP contribution < -0.4 is 5.32 Å². The van der Waals surface area contributed by atoms with Gasteiger partial charge in [-0.2, -0.15) is 0 Å². The van der Waals surface area contributed by atoms with Crippen molar-refractivity contribution in [2.45, 2.75) is 33.2 Å². The van der Waals surface area contributed by atoms with Crippen LogP contribution in [0.3, 0.4) is 0 Å². The van der Waals surface area contributed by atoms with Crippen molar-refractivity contribution in [2.24, 2.45) is 11.3 Å². The highest BCUT2D eigenvalue weighted by Gasteiger charge is 2.38. The van der Waals surface area contributed by atoms with Gasteiger partial charge < -0.3 is 10.1 Å². The van der Waals surface area contributed by atoms with Crippen LogP contribution in [-0.2, 0) is 11.2 Å². The van der Waals surface area contributed by atoms with Gasteiger partial charge in [0.2, 0.25) is 0 Å². The fraction of sp³-hybridized carbons (Fsp3) is 0.625. The number of fused-ring (bicyclic) bond motifs is 1. The Balaban J connectivity index is 2.12. The van der Waals surface area contributed by atoms with Gasteiger partial charge in [0.15, 0.2) is 0 Å². The van der Waals surface area contributed by atoms with Gasteiger partial charge in [-0.15, -0.1) is 0 Å². The van der Waals surface area contributed by atoms with Crippen LogP contribution in [-0.4, -0.2) is 20.3 Å². The number of hydrogen-bond donors (Lipinski definition) is 1. The Morgan fingerprint density at radius 1 is 1.47 bits per heavy atom. The molecule has 2 unspecified atom stereocenters. The van der Waals surface area contributed by atoms with Crippen LogP contribution in [0.5, 0.6) is 0 Å². The van der Waals surface area contributed by atoms with Crippen molar-refractivity contribution in [3.63, 3.8) is 0 Å². The molecule has 1 aliphatic rings. The SMILES string of the molecule is COCC(C)CNC1c2cc(Cl)ccc2CC1(C)C. The molecular weight excluding hydrogens is 258 g/mol. The Hall–Kier alpha value is -0.570. The Bertz CT molecular complexity index is 444. The quantitative estimate of drug-likeness (QED) is 0.885. The summed E-state index contributed by atoms with van der Waals surface area (Å²) in [6.07, 6.45) is 1.11. The monoisotopic (exact) mass is 281 g/mol. The van der Waals surface area contributed by atoms with E-state index in [2.05, 4.69) is 38.2 Å². The third-order valence-corrected chi connectivity index (χ3v) is 4.20. The molecule has 106 valence electrons. The summed E-state index contributed by atoms with van der Waals surface area (Å²) in [6, 6.07) is 6.65. The fourth-order valence-electron chi connectivity index (χ4n) is 3.06. The second kappa shape index (κ2) is 5.82. The molecule has 19 heavy (non-hydrogen) atoms. The number of hydrogen-bond acceptors (Lipinski definition) is 2. The fourth-order valence-corrected chi connectivity index (χ4v) is 3.24. The van der Waals surface area contributed by atoms with E-state index in [4.69, 9.17) is 16.3 Å². The number of methoxy groups -OCH3 is 1. The van der Waals surface area contributed by atoms with Crippen LogP contribution in [0.1, 0.15) is 37.9 Å². The van der Waals surface area contributed by atoms with Crippen LogP contribution in [0.25, 0.3) is 0 Å². The highest BCUT2D eigenvalue weighted by Crippen LogP contribution is 2.45. The maximum absolute atomic E-state index is 6.15. The molecule has 2 rings (SSSR count). The van der Waals surface area contributed by atoms with Crippen molar-refractivity contribution < 1.29 is 4.74 Å². The van der Waals surface area contributed by atoms with Crippen LogP contribution in [0.15, 0.2) is 18.2 Å². The zero-order valence-corrected chi connectivity index (χ0v) is 13.1. The molecule has 2 atom stereocenters. The lowest BCUT2D eigenvalue weighted by molar-refractivity contribution is 0.151. The molecule has 0 aromatic heterocycles. The van der Waals surface area contributed by atoms with Crippen molar-refractivity contribution in [3.8, 4) is 0 Å². The summed E-state index contributed by atoms with van der Waals surface area (Å²) >= 11 is 6.15. The second-order valence-electron chi connectivity index (χ2n) is 6.41. The minimum Gasteiger partial charge on any atom is -0.384 e. The first-order valence-electron chi connectivity index (χ1n) is 6.94. The van der Waals surface area contributed by atoms with Crippen LogP contribution in [0.4, 0.5) is 0 Å². The molecule has 1 aromatic carbocycles. The molecule has 0 amide bonds. The number of ether oxygens (including phenoxy) is 1. The summed E-state index contributed by atoms with van der Waals surface area (Å²) in [7, 11) is 1.76. The zero-order valence-electron chi connectivity index (χ0n) is 12.3. The molecule has 2 nitrogen and oxygen atoms in total. The lowest BCUT2D eigenvalue weighted by atomic mass is 9.85. The summed E-state index contributed by atoms with van der Waals surface area (Å²) in [4.78, 5) is 0. The molecule has 0 aliphatic heterocycles. The molecular formula is C16H24ClNO. The van der Waals surface area contributed by atoms with E-state index in [1.54, 1.807) is 7.11 Å². The lowest BCUT2D eigenvalue weighted by Crippen LogP contribution is -2.34. The molecule has 0 saturated heterocycles. The molecule has 0 saturated carbocycles. The standard InChI is InChI=1S/C16H24ClNO/c1-11(10-19-4)9-18-15-14-7-13(17)6-5-12(14)8-16(15,2)3/h5-7,11,15,18H,8-10H2,1-4H3. The van der Waals surface area contributed by atoms with Gasteiger partial charge in [-0.05, 0) is 41.0 Å². The summed E-state index contributed by atoms with van der Waals surface area (Å²) in [5, 5.41) is 4.53. The topological polar surface area (TPSA) is 21.3 Å². The minimum absolute atomic E-state index is 0.236. The predicted molar refractivity (Wildman–Crippen MR) is 80.7 cm³/mol. The molecule has 1 aliphatic carbocycles. The first kappa shape index (κ1) is 14.8. The largest absolute Gasteiger partial charge is 0.384 e. The zero-order chi connectivity index (χ0) is 14.0. The van der Waals surface area contributed by atoms with Crippen molar-refractivity contribution in [3.05, 3.63) is 34.3 Å². The summed E-state index contributed by atoms with van der Waals surface area (Å²) in [5.41, 5.74) is 3.02. The van der Waals surface area contributed by atoms with Crippen LogP contribution in [0.2, 0.25) is 5.02 Å². The lowest BCUT2D eigenvalue weighted by Gasteiger charge is -2.30. The molecule has 0 bridgehead atoms. The summed E-state index contributed by atoms with van der Waals surface area (Å²) in [5.74, 6) is 0.518. The highest BCUT2D eigenvalue weighted by atomic mass is 35.5. The Labute approximate surface area is 121 Å². The van der Waals surface area contributed by atoms with E-state index in [9.17, 15) is 0 Å². The van der Waals surface area contributed by atoms with Crippen LogP contribution >= 0.6 is 11.6 Å². The molecule has 0 heterocycles. The average molecular weight is 282 g/mol. The van der Waals surface area contributed by atoms with Gasteiger partial charge in [-0.3, -0.25) is 0 Å². The van der Waals surface area contributed by atoms with E-state index in [1.807, 2.05) is 6.07 Å². The van der Waals surface area contributed by atoms with E-state index in [0.717, 1.165) is 24.6 Å². The average Bonchev–Trinajstić information content (AvgIpc) is 2.57.